The maximum Gasteiger partial charge on any atom is 0.410 e. The fourth-order valence-electron chi connectivity index (χ4n) is 13.6. The Labute approximate surface area is 578 Å². The third-order valence-electron chi connectivity index (χ3n) is 19.5. The maximum absolute atomic E-state index is 14.2. The molecule has 540 valence electrons. The van der Waals surface area contributed by atoms with E-state index in [9.17, 15) is 52.7 Å². The van der Waals surface area contributed by atoms with Crippen LogP contribution in [0.2, 0.25) is 0 Å². The van der Waals surface area contributed by atoms with Gasteiger partial charge < -0.3 is 65.7 Å². The van der Waals surface area contributed by atoms with Crippen LogP contribution in [0.15, 0.2) is 24.3 Å². The largest absolute Gasteiger partial charge is 0.445 e. The van der Waals surface area contributed by atoms with Gasteiger partial charge >= 0.3 is 6.09 Å². The van der Waals surface area contributed by atoms with Crippen molar-refractivity contribution in [2.45, 2.75) is 232 Å². The molecule has 25 nitrogen and oxygen atoms in total. The number of carbonyl (C=O) groups excluding carboxylic acids is 11. The number of thioether (sulfide) groups is 2. The Kier molecular flexibility index (Phi) is 33.6. The molecule has 1 aliphatic carbocycles. The molecule has 6 N–H and O–H groups in total. The number of likely N-dealkylation sites (tertiary alicyclic amines) is 1. The lowest BCUT2D eigenvalue weighted by Gasteiger charge is -2.42. The molecule has 27 heteroatoms. The Morgan fingerprint density at radius 2 is 1.33 bits per heavy atom. The van der Waals surface area contributed by atoms with Gasteiger partial charge in [0.15, 0.2) is 0 Å². The van der Waals surface area contributed by atoms with E-state index in [2.05, 4.69) is 21.3 Å². The topological polar surface area (TPSA) is 309 Å². The van der Waals surface area contributed by atoms with E-state index in [0.717, 1.165) is 25.7 Å². The van der Waals surface area contributed by atoms with Gasteiger partial charge in [-0.15, -0.1) is 0 Å². The average Bonchev–Trinajstić information content (AvgIpc) is 1.08. The molecule has 12 atom stereocenters. The number of nitrogens with two attached hydrogens (primary N) is 1. The molecule has 4 aliphatic rings. The Balaban J connectivity index is 1.06. The van der Waals surface area contributed by atoms with Crippen LogP contribution in [0, 0.1) is 29.6 Å². The summed E-state index contributed by atoms with van der Waals surface area (Å²) in [6.07, 6.45) is 12.0. The van der Waals surface area contributed by atoms with Gasteiger partial charge in [0.05, 0.1) is 62.4 Å². The molecule has 2 unspecified atom stereocenters. The number of nitrogens with one attached hydrogen (secondary N) is 4. The van der Waals surface area contributed by atoms with Crippen molar-refractivity contribution in [2.24, 2.45) is 35.3 Å². The van der Waals surface area contributed by atoms with Crippen LogP contribution in [0.4, 0.5) is 10.5 Å². The molecule has 3 heterocycles. The Morgan fingerprint density at radius 1 is 0.698 bits per heavy atom. The molecule has 4 fully saturated rings. The number of anilines is 1. The number of nitrogens with zero attached hydrogens (tertiary/aromatic N) is 6. The Bertz CT molecular complexity index is 2720. The number of hydrogen-bond acceptors (Lipinski definition) is 16. The number of amides is 11. The normalized spacial score (nSPS) is 21.2. The highest BCUT2D eigenvalue weighted by atomic mass is 32.2. The van der Waals surface area contributed by atoms with Crippen molar-refractivity contribution in [1.82, 2.24) is 45.3 Å². The van der Waals surface area contributed by atoms with Crippen LogP contribution >= 0.6 is 23.5 Å². The zero-order chi connectivity index (χ0) is 70.9. The second kappa shape index (κ2) is 40.0. The molecule has 1 aromatic rings. The molecular formula is C69H113N11O14S2. The number of hydrogen-bond donors (Lipinski definition) is 5. The van der Waals surface area contributed by atoms with E-state index in [0.29, 0.717) is 66.2 Å². The Morgan fingerprint density at radius 3 is 1.97 bits per heavy atom. The van der Waals surface area contributed by atoms with Crippen molar-refractivity contribution in [3.8, 4) is 0 Å². The summed E-state index contributed by atoms with van der Waals surface area (Å²) in [7, 11) is 6.04. The Hall–Kier alpha value is -6.19. The number of methoxy groups -OCH3 is 2. The smallest absolute Gasteiger partial charge is 0.410 e. The van der Waals surface area contributed by atoms with Gasteiger partial charge in [-0.1, -0.05) is 106 Å². The SMILES string of the molecule is CC[C@H](C)[C@@H]([C@@H](CC(=O)N1CCC[C@H]1[C@H](OC)[C@@H](C)C(N)=O)OC)N(C)C(=O)[C@H](C)NC(=O)[C@H](C(C)C)N(C)C(=O)OCc1ccc(NC(=O)[C@H](C)NC(=O)[C@@H](NC(=O)CSCCC(=O)N2CN3CN(C2)C(=O)CCSC2CCCCCC(CCCC3=O)CCC2)C(C)C)cc1. The van der Waals surface area contributed by atoms with Gasteiger partial charge in [-0.3, -0.25) is 52.8 Å². The fourth-order valence-corrected chi connectivity index (χ4v) is 15.6. The lowest BCUT2D eigenvalue weighted by molar-refractivity contribution is -0.158. The molecule has 1 aromatic carbocycles. The van der Waals surface area contributed by atoms with Gasteiger partial charge in [0.2, 0.25) is 59.1 Å². The summed E-state index contributed by atoms with van der Waals surface area (Å²) in [5, 5.41) is 11.6. The number of carbonyl (C=O) groups is 11. The van der Waals surface area contributed by atoms with E-state index < -0.39 is 95.8 Å². The summed E-state index contributed by atoms with van der Waals surface area (Å²) < 4.78 is 17.3. The van der Waals surface area contributed by atoms with Gasteiger partial charge in [0, 0.05) is 76.6 Å². The number of rotatable bonds is 29. The molecule has 11 amide bonds. The molecule has 1 saturated carbocycles. The monoisotopic (exact) mass is 1380 g/mol. The van der Waals surface area contributed by atoms with Gasteiger partial charge in [-0.2, -0.15) is 23.5 Å². The zero-order valence-corrected chi connectivity index (χ0v) is 61.0. The minimum absolute atomic E-state index is 0.0391. The van der Waals surface area contributed by atoms with E-state index in [1.165, 1.54) is 94.7 Å². The zero-order valence-electron chi connectivity index (χ0n) is 59.4. The summed E-state index contributed by atoms with van der Waals surface area (Å²) in [6.45, 7) is 16.4. The van der Waals surface area contributed by atoms with Crippen LogP contribution in [0.25, 0.3) is 0 Å². The van der Waals surface area contributed by atoms with Crippen LogP contribution in [0.5, 0.6) is 0 Å². The summed E-state index contributed by atoms with van der Waals surface area (Å²) in [6, 6.07) is 1.47. The molecule has 5 rings (SSSR count). The third-order valence-corrected chi connectivity index (χ3v) is 21.8. The first-order valence-electron chi connectivity index (χ1n) is 34.7. The minimum Gasteiger partial charge on any atom is -0.445 e. The summed E-state index contributed by atoms with van der Waals surface area (Å²) >= 11 is 3.11. The van der Waals surface area contributed by atoms with E-state index in [1.54, 1.807) is 92.5 Å². The molecule has 0 aromatic heterocycles. The van der Waals surface area contributed by atoms with Crippen molar-refractivity contribution in [2.75, 3.05) is 77.4 Å². The molecule has 0 spiro atoms. The van der Waals surface area contributed by atoms with Gasteiger partial charge in [-0.25, -0.2) is 4.79 Å². The minimum atomic E-state index is -1.04. The molecule has 3 saturated heterocycles. The lowest BCUT2D eigenvalue weighted by Crippen LogP contribution is -2.59. The van der Waals surface area contributed by atoms with Gasteiger partial charge in [0.1, 0.15) is 30.8 Å². The van der Waals surface area contributed by atoms with Gasteiger partial charge in [0.25, 0.3) is 0 Å². The van der Waals surface area contributed by atoms with E-state index in [1.807, 2.05) is 25.6 Å². The predicted octanol–water partition coefficient (Wildman–Crippen LogP) is 6.70. The summed E-state index contributed by atoms with van der Waals surface area (Å²) in [5.74, 6) is -3.57. The van der Waals surface area contributed by atoms with E-state index in [4.69, 9.17) is 19.9 Å². The highest BCUT2D eigenvalue weighted by molar-refractivity contribution is 8.00. The first kappa shape index (κ1) is 80.5. The number of likely N-dealkylation sites (N-methyl/N-ethyl adjacent to an activating group) is 2. The molecule has 96 heavy (non-hydrogen) atoms. The third kappa shape index (κ3) is 24.1. The number of primary amides is 1. The highest BCUT2D eigenvalue weighted by Gasteiger charge is 2.43. The average molecular weight is 1380 g/mol. The van der Waals surface area contributed by atoms with Crippen LogP contribution in [-0.2, 0) is 68.8 Å². The highest BCUT2D eigenvalue weighted by Crippen LogP contribution is 2.33. The second-order valence-electron chi connectivity index (χ2n) is 27.4. The van der Waals surface area contributed by atoms with Crippen molar-refractivity contribution >= 4 is 94.4 Å². The van der Waals surface area contributed by atoms with Crippen molar-refractivity contribution in [1.29, 1.82) is 0 Å². The standard InChI is InChI=1S/C69H113N11O14S2/c1-14-45(6)62(54(92-12)37-59(85)80-34-20-26-53(80)63(93-13)46(7)64(70)86)75(10)68(90)48(9)72-67(89)61(44(4)5)76(11)69(91)94-38-50-28-30-51(31-29-50)73-65(87)47(8)71-66(88)60(43(2)3)74-55(81)39-95-35-32-57(83)78-40-77-41-79(42-78)58(84)33-36-96-52-24-17-15-16-21-49(22-18-25-52)23-19-27-56(77)82/h28-31,43-49,52-54,60-63H,14-27,32-42H2,1-13H3,(H2,70,86)(H,71,88)(H,72,89)(H,73,87)(H,74,81)/t45-,46+,47-,48-,49?,52?,53-,54+,60-,61-,62-,63+/m0/s1. The van der Waals surface area contributed by atoms with Crippen molar-refractivity contribution in [3.05, 3.63) is 29.8 Å². The fraction of sp³-hybridized carbons (Fsp3) is 0.754. The van der Waals surface area contributed by atoms with Crippen LogP contribution in [0.1, 0.15) is 177 Å². The van der Waals surface area contributed by atoms with Crippen LogP contribution in [-0.4, -0.2) is 220 Å². The van der Waals surface area contributed by atoms with E-state index >= 15 is 0 Å². The first-order chi connectivity index (χ1) is 45.6. The number of ether oxygens (including phenoxy) is 3. The van der Waals surface area contributed by atoms with E-state index in [-0.39, 0.29) is 86.7 Å². The number of fused-ring (bicyclic) bond motifs is 6. The first-order valence-corrected chi connectivity index (χ1v) is 36.9. The second-order valence-corrected chi connectivity index (χ2v) is 29.9. The molecular weight excluding hydrogens is 1270 g/mol. The van der Waals surface area contributed by atoms with Gasteiger partial charge in [-0.05, 0) is 93.7 Å². The maximum atomic E-state index is 14.2. The quantitative estimate of drug-likeness (QED) is 0.0521. The molecule has 0 radical (unpaired) electrons. The van der Waals surface area contributed by atoms with Crippen molar-refractivity contribution in [3.63, 3.8) is 0 Å². The molecule has 3 aliphatic heterocycles. The summed E-state index contributed by atoms with van der Waals surface area (Å²) in [5.41, 5.74) is 6.58. The predicted molar refractivity (Wildman–Crippen MR) is 371 cm³/mol. The molecule has 4 bridgehead atoms. The van der Waals surface area contributed by atoms with Crippen LogP contribution in [0.3, 0.4) is 0 Å². The lowest BCUT2D eigenvalue weighted by atomic mass is 9.88. The van der Waals surface area contributed by atoms with Crippen LogP contribution < -0.4 is 27.0 Å². The summed E-state index contributed by atoms with van der Waals surface area (Å²) in [4.78, 5) is 158. The number of benzene rings is 1. The van der Waals surface area contributed by atoms with Crippen molar-refractivity contribution < 1.29 is 67.0 Å².